The minimum absolute atomic E-state index is 0.0339. The molecule has 1 heterocycles. The highest BCUT2D eigenvalue weighted by molar-refractivity contribution is 7.89. The van der Waals surface area contributed by atoms with Gasteiger partial charge in [-0.25, -0.2) is 8.42 Å². The number of aliphatic carboxylic acids is 1. The van der Waals surface area contributed by atoms with E-state index in [0.717, 1.165) is 11.1 Å². The van der Waals surface area contributed by atoms with Gasteiger partial charge in [0.1, 0.15) is 0 Å². The number of hydrogen-bond acceptors (Lipinski definition) is 3. The lowest BCUT2D eigenvalue weighted by Crippen LogP contribution is -2.26. The first-order valence-electron chi connectivity index (χ1n) is 5.72. The Morgan fingerprint density at radius 3 is 2.61 bits per heavy atom. The lowest BCUT2D eigenvalue weighted by molar-refractivity contribution is -0.136. The Bertz CT molecular complexity index is 580. The number of carbonyl (C=O) groups is 1. The zero-order valence-electron chi connectivity index (χ0n) is 10.1. The van der Waals surface area contributed by atoms with Crippen molar-refractivity contribution in [1.29, 1.82) is 0 Å². The van der Waals surface area contributed by atoms with E-state index in [4.69, 9.17) is 5.11 Å². The van der Waals surface area contributed by atoms with Crippen molar-refractivity contribution in [3.05, 3.63) is 34.9 Å². The second kappa shape index (κ2) is 4.70. The summed E-state index contributed by atoms with van der Waals surface area (Å²) in [5.41, 5.74) is 2.57. The Kier molecular flexibility index (Phi) is 3.41. The van der Waals surface area contributed by atoms with Crippen LogP contribution in [0.2, 0.25) is 0 Å². The standard InChI is InChI=1S/C12H15NO4S/c1-2-18(16,17)13-7-10-4-3-9(6-12(14)15)5-11(10)8-13/h3-5H,2,6-8H2,1H3,(H,14,15). The molecule has 0 saturated carbocycles. The van der Waals surface area contributed by atoms with Gasteiger partial charge in [0.15, 0.2) is 0 Å². The number of hydrogen-bond donors (Lipinski definition) is 1. The molecule has 0 radical (unpaired) electrons. The molecule has 0 spiro atoms. The zero-order valence-corrected chi connectivity index (χ0v) is 10.9. The lowest BCUT2D eigenvalue weighted by Gasteiger charge is -2.13. The molecule has 0 saturated heterocycles. The van der Waals surface area contributed by atoms with Crippen LogP contribution in [0.15, 0.2) is 18.2 Å². The number of rotatable bonds is 4. The monoisotopic (exact) mass is 269 g/mol. The van der Waals surface area contributed by atoms with E-state index in [1.165, 1.54) is 4.31 Å². The molecule has 0 aromatic heterocycles. The second-order valence-electron chi connectivity index (χ2n) is 4.34. The van der Waals surface area contributed by atoms with Gasteiger partial charge in [0.2, 0.25) is 10.0 Å². The third kappa shape index (κ3) is 2.54. The van der Waals surface area contributed by atoms with Gasteiger partial charge >= 0.3 is 5.97 Å². The summed E-state index contributed by atoms with van der Waals surface area (Å²) in [5.74, 6) is -0.797. The predicted molar refractivity (Wildman–Crippen MR) is 66.5 cm³/mol. The molecule has 0 bridgehead atoms. The predicted octanol–water partition coefficient (Wildman–Crippen LogP) is 0.979. The summed E-state index contributed by atoms with van der Waals surface area (Å²) >= 11 is 0. The molecule has 2 rings (SSSR count). The van der Waals surface area contributed by atoms with Crippen molar-refractivity contribution in [1.82, 2.24) is 4.31 Å². The third-order valence-electron chi connectivity index (χ3n) is 3.08. The maximum absolute atomic E-state index is 11.8. The summed E-state index contributed by atoms with van der Waals surface area (Å²) in [5, 5.41) is 8.73. The second-order valence-corrected chi connectivity index (χ2v) is 6.60. The number of fused-ring (bicyclic) bond motifs is 1. The molecule has 0 amide bonds. The van der Waals surface area contributed by atoms with E-state index < -0.39 is 16.0 Å². The molecule has 18 heavy (non-hydrogen) atoms. The molecule has 0 aliphatic carbocycles. The van der Waals surface area contributed by atoms with Crippen molar-refractivity contribution >= 4 is 16.0 Å². The average Bonchev–Trinajstić information content (AvgIpc) is 2.72. The molecule has 1 aliphatic rings. The SMILES string of the molecule is CCS(=O)(=O)N1Cc2ccc(CC(=O)O)cc2C1. The van der Waals surface area contributed by atoms with Crippen molar-refractivity contribution in [3.8, 4) is 0 Å². The number of carboxylic acid groups (broad SMARTS) is 1. The fourth-order valence-corrected chi connectivity index (χ4v) is 3.12. The van der Waals surface area contributed by atoms with Gasteiger partial charge in [-0.05, 0) is 23.6 Å². The van der Waals surface area contributed by atoms with E-state index >= 15 is 0 Å². The summed E-state index contributed by atoms with van der Waals surface area (Å²) in [6.45, 7) is 2.35. The van der Waals surface area contributed by atoms with Gasteiger partial charge in [-0.15, -0.1) is 0 Å². The number of sulfonamides is 1. The molecule has 98 valence electrons. The van der Waals surface area contributed by atoms with Crippen LogP contribution in [0.3, 0.4) is 0 Å². The van der Waals surface area contributed by atoms with Crippen molar-refractivity contribution in [2.24, 2.45) is 0 Å². The molecule has 1 aromatic rings. The molecule has 1 aliphatic heterocycles. The first-order valence-corrected chi connectivity index (χ1v) is 7.33. The fourth-order valence-electron chi connectivity index (χ4n) is 2.08. The highest BCUT2D eigenvalue weighted by atomic mass is 32.2. The minimum atomic E-state index is -3.18. The topological polar surface area (TPSA) is 74.7 Å². The molecule has 1 N–H and O–H groups in total. The smallest absolute Gasteiger partial charge is 0.307 e. The summed E-state index contributed by atoms with van der Waals surface area (Å²) in [4.78, 5) is 10.6. The summed E-state index contributed by atoms with van der Waals surface area (Å²) < 4.78 is 25.0. The Morgan fingerprint density at radius 2 is 2.00 bits per heavy atom. The molecular formula is C12H15NO4S. The van der Waals surface area contributed by atoms with Gasteiger partial charge in [-0.2, -0.15) is 4.31 Å². The largest absolute Gasteiger partial charge is 0.481 e. The van der Waals surface area contributed by atoms with E-state index in [-0.39, 0.29) is 12.2 Å². The van der Waals surface area contributed by atoms with E-state index in [9.17, 15) is 13.2 Å². The molecule has 5 nitrogen and oxygen atoms in total. The average molecular weight is 269 g/mol. The Labute approximate surface area is 106 Å². The fraction of sp³-hybridized carbons (Fsp3) is 0.417. The van der Waals surface area contributed by atoms with Gasteiger partial charge in [-0.1, -0.05) is 18.2 Å². The first-order chi connectivity index (χ1) is 8.42. The minimum Gasteiger partial charge on any atom is -0.481 e. The highest BCUT2D eigenvalue weighted by Crippen LogP contribution is 2.26. The van der Waals surface area contributed by atoms with Gasteiger partial charge in [0.25, 0.3) is 0 Å². The van der Waals surface area contributed by atoms with Gasteiger partial charge in [0.05, 0.1) is 12.2 Å². The van der Waals surface area contributed by atoms with Crippen LogP contribution in [0, 0.1) is 0 Å². The number of nitrogens with zero attached hydrogens (tertiary/aromatic N) is 1. The van der Waals surface area contributed by atoms with Gasteiger partial charge in [-0.3, -0.25) is 4.79 Å². The van der Waals surface area contributed by atoms with E-state index in [0.29, 0.717) is 18.7 Å². The quantitative estimate of drug-likeness (QED) is 0.884. The molecule has 6 heteroatoms. The van der Waals surface area contributed by atoms with Gasteiger partial charge in [0, 0.05) is 13.1 Å². The van der Waals surface area contributed by atoms with Crippen LogP contribution in [-0.4, -0.2) is 29.6 Å². The maximum atomic E-state index is 11.8. The van der Waals surface area contributed by atoms with Crippen molar-refractivity contribution in [3.63, 3.8) is 0 Å². The molecule has 1 aromatic carbocycles. The van der Waals surface area contributed by atoms with Crippen LogP contribution >= 0.6 is 0 Å². The highest BCUT2D eigenvalue weighted by Gasteiger charge is 2.27. The van der Waals surface area contributed by atoms with Crippen molar-refractivity contribution in [2.45, 2.75) is 26.4 Å². The van der Waals surface area contributed by atoms with Crippen LogP contribution in [0.5, 0.6) is 0 Å². The van der Waals surface area contributed by atoms with E-state index in [1.807, 2.05) is 6.07 Å². The van der Waals surface area contributed by atoms with Crippen molar-refractivity contribution < 1.29 is 18.3 Å². The summed E-state index contributed by atoms with van der Waals surface area (Å²) in [6, 6.07) is 5.35. The molecule has 0 fully saturated rings. The van der Waals surface area contributed by atoms with Crippen molar-refractivity contribution in [2.75, 3.05) is 5.75 Å². The lowest BCUT2D eigenvalue weighted by atomic mass is 10.0. The Hall–Kier alpha value is -1.40. The Balaban J connectivity index is 2.23. The van der Waals surface area contributed by atoms with Crippen LogP contribution in [0.1, 0.15) is 23.6 Å². The van der Waals surface area contributed by atoms with Crippen LogP contribution in [0.25, 0.3) is 0 Å². The molecule has 0 unspecified atom stereocenters. The van der Waals surface area contributed by atoms with Crippen LogP contribution in [-0.2, 0) is 34.3 Å². The normalized spacial score (nSPS) is 15.6. The first kappa shape index (κ1) is 13.0. The maximum Gasteiger partial charge on any atom is 0.307 e. The molecular weight excluding hydrogens is 254 g/mol. The van der Waals surface area contributed by atoms with Crippen LogP contribution < -0.4 is 0 Å². The molecule has 0 atom stereocenters. The van der Waals surface area contributed by atoms with E-state index in [1.54, 1.807) is 19.1 Å². The number of carboxylic acids is 1. The number of benzene rings is 1. The van der Waals surface area contributed by atoms with Crippen LogP contribution in [0.4, 0.5) is 0 Å². The zero-order chi connectivity index (χ0) is 13.3. The summed E-state index contributed by atoms with van der Waals surface area (Å²) in [7, 11) is -3.18. The van der Waals surface area contributed by atoms with E-state index in [2.05, 4.69) is 0 Å². The third-order valence-corrected chi connectivity index (χ3v) is 4.85. The van der Waals surface area contributed by atoms with Gasteiger partial charge < -0.3 is 5.11 Å². The summed E-state index contributed by atoms with van der Waals surface area (Å²) in [6.07, 6.45) is -0.0339. The Morgan fingerprint density at radius 1 is 1.33 bits per heavy atom.